The second-order valence-corrected chi connectivity index (χ2v) is 4.59. The summed E-state index contributed by atoms with van der Waals surface area (Å²) in [7, 11) is 0. The quantitative estimate of drug-likeness (QED) is 0.903. The van der Waals surface area contributed by atoms with E-state index >= 15 is 0 Å². The SMILES string of the molecule is C[C@@H](NC(=O)c1ccco1)C(=O)Nc1cc(C(F)(F)F)ccn1. The highest BCUT2D eigenvalue weighted by molar-refractivity contribution is 5.99. The van der Waals surface area contributed by atoms with Crippen LogP contribution in [0, 0.1) is 0 Å². The molecule has 2 aromatic heterocycles. The number of aromatic nitrogens is 1. The van der Waals surface area contributed by atoms with Gasteiger partial charge >= 0.3 is 6.18 Å². The number of pyridine rings is 1. The molecule has 1 atom stereocenters. The number of amides is 2. The molecule has 0 saturated heterocycles. The van der Waals surface area contributed by atoms with Crippen LogP contribution in [0.4, 0.5) is 19.0 Å². The molecule has 122 valence electrons. The fraction of sp³-hybridized carbons (Fsp3) is 0.214. The first-order chi connectivity index (χ1) is 10.8. The van der Waals surface area contributed by atoms with Crippen molar-refractivity contribution >= 4 is 17.6 Å². The fourth-order valence-electron chi connectivity index (χ4n) is 1.65. The monoisotopic (exact) mass is 327 g/mol. The maximum Gasteiger partial charge on any atom is 0.416 e. The molecule has 23 heavy (non-hydrogen) atoms. The van der Waals surface area contributed by atoms with Gasteiger partial charge in [-0.05, 0) is 31.2 Å². The van der Waals surface area contributed by atoms with Crippen molar-refractivity contribution in [2.75, 3.05) is 5.32 Å². The lowest BCUT2D eigenvalue weighted by atomic mass is 10.2. The molecule has 0 aliphatic heterocycles. The molecule has 2 rings (SSSR count). The number of halogens is 3. The van der Waals surface area contributed by atoms with Crippen molar-refractivity contribution in [2.24, 2.45) is 0 Å². The summed E-state index contributed by atoms with van der Waals surface area (Å²) in [5, 5.41) is 4.56. The van der Waals surface area contributed by atoms with E-state index in [9.17, 15) is 22.8 Å². The minimum atomic E-state index is -4.54. The lowest BCUT2D eigenvalue weighted by Gasteiger charge is -2.14. The van der Waals surface area contributed by atoms with Gasteiger partial charge in [-0.25, -0.2) is 4.98 Å². The van der Waals surface area contributed by atoms with Crippen molar-refractivity contribution < 1.29 is 27.2 Å². The van der Waals surface area contributed by atoms with E-state index in [1.807, 2.05) is 0 Å². The molecule has 0 saturated carbocycles. The molecule has 0 aromatic carbocycles. The van der Waals surface area contributed by atoms with Crippen LogP contribution < -0.4 is 10.6 Å². The molecular weight excluding hydrogens is 315 g/mol. The summed E-state index contributed by atoms with van der Waals surface area (Å²) >= 11 is 0. The van der Waals surface area contributed by atoms with E-state index in [0.717, 1.165) is 12.3 Å². The first kappa shape index (κ1) is 16.5. The van der Waals surface area contributed by atoms with Gasteiger partial charge in [-0.2, -0.15) is 13.2 Å². The number of alkyl halides is 3. The third-order valence-corrected chi connectivity index (χ3v) is 2.82. The first-order valence-electron chi connectivity index (χ1n) is 6.46. The van der Waals surface area contributed by atoms with Crippen molar-refractivity contribution in [3.8, 4) is 0 Å². The number of furan rings is 1. The Morgan fingerprint density at radius 2 is 2.04 bits per heavy atom. The second kappa shape index (κ2) is 6.51. The van der Waals surface area contributed by atoms with E-state index in [-0.39, 0.29) is 11.6 Å². The Bertz CT molecular complexity index is 699. The smallest absolute Gasteiger partial charge is 0.416 e. The van der Waals surface area contributed by atoms with Gasteiger partial charge < -0.3 is 15.1 Å². The number of carbonyl (C=O) groups is 2. The van der Waals surface area contributed by atoms with Crippen LogP contribution in [-0.2, 0) is 11.0 Å². The van der Waals surface area contributed by atoms with Gasteiger partial charge in [0, 0.05) is 6.20 Å². The number of hydrogen-bond acceptors (Lipinski definition) is 4. The largest absolute Gasteiger partial charge is 0.459 e. The molecule has 2 heterocycles. The predicted octanol–water partition coefficient (Wildman–Crippen LogP) is 2.45. The number of nitrogens with one attached hydrogen (secondary N) is 2. The summed E-state index contributed by atoms with van der Waals surface area (Å²) in [5.74, 6) is -1.57. The highest BCUT2D eigenvalue weighted by atomic mass is 19.4. The van der Waals surface area contributed by atoms with Gasteiger partial charge in [0.05, 0.1) is 11.8 Å². The number of carbonyl (C=O) groups excluding carboxylic acids is 2. The fourth-order valence-corrected chi connectivity index (χ4v) is 1.65. The summed E-state index contributed by atoms with van der Waals surface area (Å²) in [6, 6.07) is 3.42. The van der Waals surface area contributed by atoms with Crippen LogP contribution in [0.2, 0.25) is 0 Å². The average Bonchev–Trinajstić information content (AvgIpc) is 3.00. The van der Waals surface area contributed by atoms with E-state index in [1.54, 1.807) is 0 Å². The molecule has 0 spiro atoms. The van der Waals surface area contributed by atoms with E-state index in [2.05, 4.69) is 15.6 Å². The van der Waals surface area contributed by atoms with Gasteiger partial charge in [0.15, 0.2) is 5.76 Å². The van der Waals surface area contributed by atoms with E-state index in [1.165, 1.54) is 25.3 Å². The minimum absolute atomic E-state index is 0.0156. The molecule has 2 aromatic rings. The van der Waals surface area contributed by atoms with Crippen LogP contribution in [-0.4, -0.2) is 22.8 Å². The third kappa shape index (κ3) is 4.31. The first-order valence-corrected chi connectivity index (χ1v) is 6.46. The Morgan fingerprint density at radius 1 is 1.30 bits per heavy atom. The third-order valence-electron chi connectivity index (χ3n) is 2.82. The van der Waals surface area contributed by atoms with E-state index in [0.29, 0.717) is 6.07 Å². The molecule has 2 amide bonds. The van der Waals surface area contributed by atoms with Gasteiger partial charge in [-0.3, -0.25) is 9.59 Å². The average molecular weight is 327 g/mol. The zero-order valence-corrected chi connectivity index (χ0v) is 11.8. The summed E-state index contributed by atoms with van der Waals surface area (Å²) in [5.41, 5.74) is -0.935. The Labute approximate surface area is 128 Å². The number of hydrogen-bond donors (Lipinski definition) is 2. The van der Waals surface area contributed by atoms with Crippen molar-refractivity contribution in [1.29, 1.82) is 0 Å². The Balaban J connectivity index is 2.00. The minimum Gasteiger partial charge on any atom is -0.459 e. The highest BCUT2D eigenvalue weighted by Gasteiger charge is 2.31. The Hall–Kier alpha value is -2.84. The zero-order chi connectivity index (χ0) is 17.0. The molecular formula is C14H12F3N3O3. The highest BCUT2D eigenvalue weighted by Crippen LogP contribution is 2.29. The molecule has 9 heteroatoms. The van der Waals surface area contributed by atoms with Gasteiger partial charge in [-0.1, -0.05) is 0 Å². The summed E-state index contributed by atoms with van der Waals surface area (Å²) < 4.78 is 42.6. The number of anilines is 1. The van der Waals surface area contributed by atoms with Crippen LogP contribution >= 0.6 is 0 Å². The van der Waals surface area contributed by atoms with Crippen LogP contribution in [0.5, 0.6) is 0 Å². The van der Waals surface area contributed by atoms with E-state index < -0.39 is 29.6 Å². The van der Waals surface area contributed by atoms with Crippen LogP contribution in [0.15, 0.2) is 41.1 Å². The molecule has 0 unspecified atom stereocenters. The summed E-state index contributed by atoms with van der Waals surface area (Å²) in [6.45, 7) is 1.38. The zero-order valence-electron chi connectivity index (χ0n) is 11.8. The van der Waals surface area contributed by atoms with Crippen LogP contribution in [0.1, 0.15) is 23.0 Å². The molecule has 2 N–H and O–H groups in total. The van der Waals surface area contributed by atoms with Crippen LogP contribution in [0.25, 0.3) is 0 Å². The second-order valence-electron chi connectivity index (χ2n) is 4.59. The van der Waals surface area contributed by atoms with Crippen molar-refractivity contribution in [2.45, 2.75) is 19.1 Å². The van der Waals surface area contributed by atoms with Crippen molar-refractivity contribution in [3.63, 3.8) is 0 Å². The standard InChI is InChI=1S/C14H12F3N3O3/c1-8(19-13(22)10-3-2-6-23-10)12(21)20-11-7-9(4-5-18-11)14(15,16)17/h2-8H,1H3,(H,19,22)(H,18,20,21)/t8-/m1/s1. The molecule has 0 aliphatic carbocycles. The van der Waals surface area contributed by atoms with Gasteiger partial charge in [-0.15, -0.1) is 0 Å². The Kier molecular flexibility index (Phi) is 4.68. The lowest BCUT2D eigenvalue weighted by Crippen LogP contribution is -2.41. The normalized spacial score (nSPS) is 12.5. The lowest BCUT2D eigenvalue weighted by molar-refractivity contribution is -0.137. The molecule has 0 fully saturated rings. The Morgan fingerprint density at radius 3 is 2.65 bits per heavy atom. The van der Waals surface area contributed by atoms with Gasteiger partial charge in [0.2, 0.25) is 5.91 Å². The van der Waals surface area contributed by atoms with Crippen LogP contribution in [0.3, 0.4) is 0 Å². The number of rotatable bonds is 4. The number of nitrogens with zero attached hydrogens (tertiary/aromatic N) is 1. The van der Waals surface area contributed by atoms with Crippen molar-refractivity contribution in [3.05, 3.63) is 48.0 Å². The summed E-state index contributed by atoms with van der Waals surface area (Å²) in [6.07, 6.45) is -2.31. The van der Waals surface area contributed by atoms with Crippen molar-refractivity contribution in [1.82, 2.24) is 10.3 Å². The van der Waals surface area contributed by atoms with E-state index in [4.69, 9.17) is 4.42 Å². The maximum atomic E-state index is 12.6. The maximum absolute atomic E-state index is 12.6. The predicted molar refractivity (Wildman–Crippen MR) is 73.5 cm³/mol. The molecule has 0 bridgehead atoms. The molecule has 0 radical (unpaired) electrons. The van der Waals surface area contributed by atoms with Gasteiger partial charge in [0.25, 0.3) is 5.91 Å². The molecule has 0 aliphatic rings. The topological polar surface area (TPSA) is 84.2 Å². The summed E-state index contributed by atoms with van der Waals surface area (Å²) in [4.78, 5) is 27.3. The van der Waals surface area contributed by atoms with Gasteiger partial charge in [0.1, 0.15) is 11.9 Å². The molecule has 6 nitrogen and oxygen atoms in total.